The van der Waals surface area contributed by atoms with Gasteiger partial charge in [0.2, 0.25) is 0 Å². The molecule has 1 saturated carbocycles. The summed E-state index contributed by atoms with van der Waals surface area (Å²) in [6.07, 6.45) is 4.09. The second kappa shape index (κ2) is 1.66. The van der Waals surface area contributed by atoms with Crippen molar-refractivity contribution in [3.8, 4) is 0 Å². The molecule has 56 valence electrons. The van der Waals surface area contributed by atoms with Crippen molar-refractivity contribution >= 4 is 0 Å². The SMILES string of the molecule is CCC1=C2CC(C)C12CC. The smallest absolute Gasteiger partial charge is 0.0152 e. The summed E-state index contributed by atoms with van der Waals surface area (Å²) in [7, 11) is 0. The highest BCUT2D eigenvalue weighted by Crippen LogP contribution is 2.72. The predicted octanol–water partition coefficient (Wildman–Crippen LogP) is 3.14. The van der Waals surface area contributed by atoms with Crippen LogP contribution in [0.4, 0.5) is 0 Å². The van der Waals surface area contributed by atoms with Gasteiger partial charge in [-0.1, -0.05) is 31.9 Å². The molecule has 1 fully saturated rings. The summed E-state index contributed by atoms with van der Waals surface area (Å²) in [6, 6.07) is 0. The normalized spacial score (nSPS) is 42.9. The molecule has 0 heteroatoms. The standard InChI is InChI=1S/C10H16/c1-4-8-9-6-7(3)10(8,9)5-2/h7H,4-6H2,1-3H3. The topological polar surface area (TPSA) is 0 Å². The Morgan fingerprint density at radius 3 is 2.40 bits per heavy atom. The zero-order valence-electron chi connectivity index (χ0n) is 7.20. The molecule has 0 aromatic rings. The van der Waals surface area contributed by atoms with Crippen molar-refractivity contribution in [3.05, 3.63) is 11.1 Å². The molecule has 0 aliphatic heterocycles. The van der Waals surface area contributed by atoms with Crippen LogP contribution < -0.4 is 0 Å². The molecule has 0 amide bonds. The summed E-state index contributed by atoms with van der Waals surface area (Å²) in [5, 5.41) is 0. The van der Waals surface area contributed by atoms with Crippen LogP contribution in [0, 0.1) is 11.3 Å². The van der Waals surface area contributed by atoms with E-state index in [-0.39, 0.29) is 0 Å². The highest BCUT2D eigenvalue weighted by molar-refractivity contribution is 5.56. The Hall–Kier alpha value is -0.260. The Kier molecular flexibility index (Phi) is 1.07. The van der Waals surface area contributed by atoms with Crippen LogP contribution in [-0.2, 0) is 0 Å². The third kappa shape index (κ3) is 0.426. The first-order valence-electron chi connectivity index (χ1n) is 4.50. The van der Waals surface area contributed by atoms with E-state index in [9.17, 15) is 0 Å². The second-order valence-electron chi connectivity index (χ2n) is 3.74. The average Bonchev–Trinajstić information content (AvgIpc) is 2.49. The number of hydrogen-bond acceptors (Lipinski definition) is 0. The number of hydrogen-bond donors (Lipinski definition) is 0. The van der Waals surface area contributed by atoms with Gasteiger partial charge in [-0.05, 0) is 25.2 Å². The lowest BCUT2D eigenvalue weighted by atomic mass is 9.69. The van der Waals surface area contributed by atoms with Gasteiger partial charge in [-0.15, -0.1) is 0 Å². The molecular weight excluding hydrogens is 120 g/mol. The molecule has 10 heavy (non-hydrogen) atoms. The number of rotatable bonds is 2. The summed E-state index contributed by atoms with van der Waals surface area (Å²) in [6.45, 7) is 7.03. The molecule has 0 bridgehead atoms. The van der Waals surface area contributed by atoms with Gasteiger partial charge in [0.1, 0.15) is 0 Å². The fourth-order valence-corrected chi connectivity index (χ4v) is 3.01. The minimum Gasteiger partial charge on any atom is -0.0642 e. The lowest BCUT2D eigenvalue weighted by molar-refractivity contribution is 0.257. The van der Waals surface area contributed by atoms with Crippen LogP contribution in [0.5, 0.6) is 0 Å². The van der Waals surface area contributed by atoms with Gasteiger partial charge in [0.15, 0.2) is 0 Å². The van der Waals surface area contributed by atoms with E-state index >= 15 is 0 Å². The third-order valence-electron chi connectivity index (χ3n) is 3.64. The fraction of sp³-hybridized carbons (Fsp3) is 0.800. The molecule has 0 nitrogen and oxygen atoms in total. The van der Waals surface area contributed by atoms with Crippen molar-refractivity contribution in [1.29, 1.82) is 0 Å². The lowest BCUT2D eigenvalue weighted by Crippen LogP contribution is -2.26. The van der Waals surface area contributed by atoms with Crippen LogP contribution in [0.15, 0.2) is 11.1 Å². The van der Waals surface area contributed by atoms with E-state index in [1.807, 2.05) is 11.1 Å². The predicted molar refractivity (Wildman–Crippen MR) is 43.8 cm³/mol. The summed E-state index contributed by atoms with van der Waals surface area (Å²) < 4.78 is 0. The molecule has 2 atom stereocenters. The largest absolute Gasteiger partial charge is 0.0642 e. The van der Waals surface area contributed by atoms with Gasteiger partial charge in [0.05, 0.1) is 0 Å². The molecule has 2 rings (SSSR count). The first-order valence-corrected chi connectivity index (χ1v) is 4.50. The van der Waals surface area contributed by atoms with Gasteiger partial charge in [-0.25, -0.2) is 0 Å². The Bertz CT molecular complexity index is 200. The Balaban J connectivity index is 2.15. The highest BCUT2D eigenvalue weighted by Gasteiger charge is 2.61. The zero-order valence-corrected chi connectivity index (χ0v) is 7.20. The molecule has 0 saturated heterocycles. The summed E-state index contributed by atoms with van der Waals surface area (Å²) in [5.41, 5.74) is 4.32. The Morgan fingerprint density at radius 1 is 1.50 bits per heavy atom. The Morgan fingerprint density at radius 2 is 2.20 bits per heavy atom. The second-order valence-corrected chi connectivity index (χ2v) is 3.74. The molecule has 0 N–H and O–H groups in total. The molecule has 0 spiro atoms. The van der Waals surface area contributed by atoms with E-state index in [4.69, 9.17) is 0 Å². The van der Waals surface area contributed by atoms with Crippen molar-refractivity contribution in [3.63, 3.8) is 0 Å². The van der Waals surface area contributed by atoms with E-state index < -0.39 is 0 Å². The summed E-state index contributed by atoms with van der Waals surface area (Å²) >= 11 is 0. The van der Waals surface area contributed by atoms with Crippen LogP contribution in [-0.4, -0.2) is 0 Å². The maximum Gasteiger partial charge on any atom is 0.0152 e. The van der Waals surface area contributed by atoms with Crippen molar-refractivity contribution < 1.29 is 0 Å². The van der Waals surface area contributed by atoms with Crippen molar-refractivity contribution in [2.75, 3.05) is 0 Å². The molecule has 0 aromatic carbocycles. The van der Waals surface area contributed by atoms with E-state index in [2.05, 4.69) is 20.8 Å². The average molecular weight is 136 g/mol. The van der Waals surface area contributed by atoms with Gasteiger partial charge in [-0.2, -0.15) is 0 Å². The summed E-state index contributed by atoms with van der Waals surface area (Å²) in [5.74, 6) is 0.974. The molecule has 0 radical (unpaired) electrons. The number of fused-ring (bicyclic) bond motifs is 1. The van der Waals surface area contributed by atoms with E-state index in [1.165, 1.54) is 19.3 Å². The Labute approximate surface area is 63.3 Å². The monoisotopic (exact) mass is 136 g/mol. The molecule has 2 aliphatic carbocycles. The van der Waals surface area contributed by atoms with Gasteiger partial charge >= 0.3 is 0 Å². The molecule has 2 unspecified atom stereocenters. The molecule has 0 aromatic heterocycles. The highest BCUT2D eigenvalue weighted by atomic mass is 14.6. The maximum atomic E-state index is 2.40. The van der Waals surface area contributed by atoms with Gasteiger partial charge in [-0.3, -0.25) is 0 Å². The van der Waals surface area contributed by atoms with Crippen molar-refractivity contribution in [1.82, 2.24) is 0 Å². The lowest BCUT2D eigenvalue weighted by Gasteiger charge is -2.34. The van der Waals surface area contributed by atoms with Crippen LogP contribution in [0.2, 0.25) is 0 Å². The van der Waals surface area contributed by atoms with E-state index in [0.29, 0.717) is 5.41 Å². The van der Waals surface area contributed by atoms with E-state index in [0.717, 1.165) is 5.92 Å². The van der Waals surface area contributed by atoms with Crippen LogP contribution in [0.3, 0.4) is 0 Å². The van der Waals surface area contributed by atoms with Gasteiger partial charge in [0, 0.05) is 5.41 Å². The minimum atomic E-state index is 0.689. The van der Waals surface area contributed by atoms with Crippen LogP contribution in [0.1, 0.15) is 40.0 Å². The minimum absolute atomic E-state index is 0.689. The van der Waals surface area contributed by atoms with Crippen LogP contribution >= 0.6 is 0 Å². The zero-order chi connectivity index (χ0) is 7.35. The van der Waals surface area contributed by atoms with Gasteiger partial charge in [0.25, 0.3) is 0 Å². The van der Waals surface area contributed by atoms with Gasteiger partial charge < -0.3 is 0 Å². The maximum absolute atomic E-state index is 2.40. The third-order valence-corrected chi connectivity index (χ3v) is 3.64. The van der Waals surface area contributed by atoms with E-state index in [1.54, 1.807) is 0 Å². The molecular formula is C10H16. The van der Waals surface area contributed by atoms with Crippen LogP contribution in [0.25, 0.3) is 0 Å². The number of allylic oxidation sites excluding steroid dienone is 2. The quantitative estimate of drug-likeness (QED) is 0.511. The van der Waals surface area contributed by atoms with Crippen molar-refractivity contribution in [2.24, 2.45) is 11.3 Å². The van der Waals surface area contributed by atoms with Crippen molar-refractivity contribution in [2.45, 2.75) is 40.0 Å². The first-order chi connectivity index (χ1) is 4.77. The fourth-order valence-electron chi connectivity index (χ4n) is 3.01. The summed E-state index contributed by atoms with van der Waals surface area (Å²) in [4.78, 5) is 0. The first kappa shape index (κ1) is 6.45. The molecule has 0 heterocycles. The molecule has 2 aliphatic rings.